The lowest BCUT2D eigenvalue weighted by atomic mass is 9.92. The van der Waals surface area contributed by atoms with Crippen molar-refractivity contribution in [3.05, 3.63) is 154 Å². The number of nitrogens with one attached hydrogen (secondary N) is 6. The molecule has 2 fully saturated rings. The van der Waals surface area contributed by atoms with Crippen LogP contribution in [0.2, 0.25) is 0 Å². The Morgan fingerprint density at radius 1 is 0.442 bits per heavy atom. The van der Waals surface area contributed by atoms with E-state index in [0.717, 1.165) is 115 Å². The Balaban J connectivity index is 0.000000296. The van der Waals surface area contributed by atoms with Crippen LogP contribution in [0.25, 0.3) is 43.9 Å². The van der Waals surface area contributed by atoms with Gasteiger partial charge >= 0.3 is 0 Å². The molecule has 26 nitrogen and oxygen atoms in total. The highest BCUT2D eigenvalue weighted by molar-refractivity contribution is 9.10. The van der Waals surface area contributed by atoms with Gasteiger partial charge in [0.1, 0.15) is 0 Å². The van der Waals surface area contributed by atoms with Gasteiger partial charge in [0.2, 0.25) is 41.0 Å². The van der Waals surface area contributed by atoms with Crippen LogP contribution in [0.1, 0.15) is 144 Å². The standard InChI is InChI=1S/C33H39BrN8O2S.C22H30BrN7O2S.C12H12ClNO2S.2C6H15N.2CH2Cl2.CH3ClO2S/c1-21(2)42-20-36-30-31(35-19-22-11-13-23(34)14-12-22)38-33(39-32(30)42)37-24-15-17-25(18-16-24)40-45(43,44)29-10-6-7-26-27(29)8-5-9-28(26)41(3)4;1-14(2)30-13-25-19-20(24-12-15-4-6-16(23)7-5-15)27-22(28-21(19)30)26-17-8-10-18(11-9-17)29-33(3,31)32;1-14(2)11-7-3-6-10-9(11)5-4-8-12(10)17(13,15)16;2*1-4-7(5-2)6-3;2*2-1-3;1-5(2,3)4/h5-14,20-21,24-25,40H,15-19H2,1-4H3,(H2,35,37,38,39);4-7,13-14,17-18,29H,8-12H2,1-3H3,(H2,24,26,27,28);3-8H,1-2H3;2*4-6H2,1-3H3;2*1H2;1H3. The summed E-state index contributed by atoms with van der Waals surface area (Å²) in [7, 11) is 3.88. The van der Waals surface area contributed by atoms with Crippen LogP contribution in [0.3, 0.4) is 0 Å². The summed E-state index contributed by atoms with van der Waals surface area (Å²) in [4.78, 5) is 37.6. The third-order valence-electron chi connectivity index (χ3n) is 19.4. The van der Waals surface area contributed by atoms with Gasteiger partial charge in [-0.3, -0.25) is 0 Å². The second-order valence-corrected chi connectivity index (χ2v) is 41.6. The first kappa shape index (κ1) is 105. The number of aromatic nitrogens is 8. The van der Waals surface area contributed by atoms with Gasteiger partial charge in [0.15, 0.2) is 34.0 Å². The van der Waals surface area contributed by atoms with Crippen LogP contribution < -0.4 is 40.5 Å². The average Bonchev–Trinajstić information content (AvgIpc) is 1.11. The van der Waals surface area contributed by atoms with Crippen LogP contribution in [0.5, 0.6) is 0 Å². The summed E-state index contributed by atoms with van der Waals surface area (Å²) in [6.07, 6.45) is 12.0. The molecule has 120 heavy (non-hydrogen) atoms. The molecule has 4 aromatic heterocycles. The van der Waals surface area contributed by atoms with E-state index in [4.69, 9.17) is 77.0 Å². The number of sulfonamides is 2. The summed E-state index contributed by atoms with van der Waals surface area (Å²) in [5.74, 6) is 2.47. The topological polar surface area (TPSA) is 309 Å². The van der Waals surface area contributed by atoms with E-state index in [2.05, 4.69) is 187 Å². The van der Waals surface area contributed by atoms with E-state index >= 15 is 0 Å². The molecule has 664 valence electrons. The van der Waals surface area contributed by atoms with Crippen molar-refractivity contribution < 1.29 is 33.7 Å². The molecule has 4 heterocycles. The fraction of sp³-hybridized carbons (Fsp3) is 0.488. The largest absolute Gasteiger partial charge is 0.377 e. The van der Waals surface area contributed by atoms with E-state index in [1.54, 1.807) is 24.5 Å². The molecule has 38 heteroatoms. The lowest BCUT2D eigenvalue weighted by Gasteiger charge is -2.29. The van der Waals surface area contributed by atoms with E-state index in [9.17, 15) is 33.7 Å². The Kier molecular flexibility index (Phi) is 44.9. The molecule has 0 radical (unpaired) electrons. The molecule has 2 aliphatic rings. The number of imidazole rings is 2. The zero-order valence-electron chi connectivity index (χ0n) is 71.2. The monoisotopic (exact) mass is 1980 g/mol. The quantitative estimate of drug-likeness (QED) is 0.0217. The summed E-state index contributed by atoms with van der Waals surface area (Å²) in [6, 6.07) is 38.8. The lowest BCUT2D eigenvalue weighted by molar-refractivity contribution is 0.321. The third-order valence-corrected chi connectivity index (χ3v) is 24.2. The first-order chi connectivity index (χ1) is 56.7. The highest BCUT2D eigenvalue weighted by Gasteiger charge is 2.30. The third kappa shape index (κ3) is 34.5. The van der Waals surface area contributed by atoms with Crippen LogP contribution >= 0.6 is 99.6 Å². The van der Waals surface area contributed by atoms with E-state index in [-0.39, 0.29) is 51.8 Å². The minimum atomic E-state index is -3.72. The predicted octanol–water partition coefficient (Wildman–Crippen LogP) is 19.3. The van der Waals surface area contributed by atoms with Gasteiger partial charge in [0, 0.05) is 141 Å². The first-order valence-corrected chi connectivity index (χ1v) is 51.7. The summed E-state index contributed by atoms with van der Waals surface area (Å²) in [5, 5.41) is 17.5. The number of halogens is 8. The molecule has 0 saturated heterocycles. The maximum Gasteiger partial charge on any atom is 0.261 e. The van der Waals surface area contributed by atoms with Crippen LogP contribution in [-0.2, 0) is 51.2 Å². The Bertz CT molecular complexity index is 5230. The highest BCUT2D eigenvalue weighted by Crippen LogP contribution is 2.35. The zero-order chi connectivity index (χ0) is 89.2. The molecule has 0 atom stereocenters. The van der Waals surface area contributed by atoms with Gasteiger partial charge in [-0.15, -0.1) is 46.4 Å². The van der Waals surface area contributed by atoms with Crippen LogP contribution in [-0.4, -0.2) is 197 Å². The molecule has 0 unspecified atom stereocenters. The normalized spacial score (nSPS) is 15.4. The van der Waals surface area contributed by atoms with Crippen molar-refractivity contribution in [1.29, 1.82) is 0 Å². The van der Waals surface area contributed by atoms with E-state index in [1.807, 2.05) is 126 Å². The summed E-state index contributed by atoms with van der Waals surface area (Å²) in [5.41, 5.74) is 7.25. The molecule has 10 aromatic rings. The number of fused-ring (bicyclic) bond motifs is 4. The maximum atomic E-state index is 13.6. The highest BCUT2D eigenvalue weighted by atomic mass is 79.9. The minimum absolute atomic E-state index is 0.00745. The fourth-order valence-electron chi connectivity index (χ4n) is 13.3. The van der Waals surface area contributed by atoms with Crippen molar-refractivity contribution in [1.82, 2.24) is 58.3 Å². The molecule has 0 aliphatic heterocycles. The molecule has 6 aromatic carbocycles. The Hall–Kier alpha value is -5.92. The van der Waals surface area contributed by atoms with Crippen LogP contribution in [0, 0.1) is 0 Å². The lowest BCUT2D eigenvalue weighted by Crippen LogP contribution is -2.40. The second-order valence-electron chi connectivity index (χ2n) is 29.1. The molecule has 6 N–H and O–H groups in total. The van der Waals surface area contributed by atoms with Gasteiger partial charge in [-0.25, -0.2) is 53.1 Å². The molecular weight excluding hydrogens is 1870 g/mol. The molecule has 0 spiro atoms. The summed E-state index contributed by atoms with van der Waals surface area (Å²) < 4.78 is 104. The van der Waals surface area contributed by atoms with Crippen molar-refractivity contribution in [2.24, 2.45) is 0 Å². The number of benzene rings is 6. The zero-order valence-corrected chi connectivity index (χ0v) is 82.2. The number of rotatable bonds is 26. The van der Waals surface area contributed by atoms with Gasteiger partial charge in [-0.2, -0.15) is 19.9 Å². The van der Waals surface area contributed by atoms with Crippen molar-refractivity contribution in [2.75, 3.05) is 122 Å². The van der Waals surface area contributed by atoms with Crippen molar-refractivity contribution in [3.8, 4) is 0 Å². The van der Waals surface area contributed by atoms with E-state index in [1.165, 1.54) is 51.6 Å². The number of hydrogen-bond acceptors (Lipinski definition) is 22. The maximum absolute atomic E-state index is 13.6. The Morgan fingerprint density at radius 2 is 0.750 bits per heavy atom. The number of anilines is 6. The van der Waals surface area contributed by atoms with Gasteiger partial charge in [0.05, 0.1) is 45.6 Å². The second kappa shape index (κ2) is 51.5. The minimum Gasteiger partial charge on any atom is -0.377 e. The van der Waals surface area contributed by atoms with E-state index < -0.39 is 38.1 Å². The number of alkyl halides is 4. The molecule has 12 rings (SSSR count). The molecular formula is C82H118Br2Cl6N18O8S4. The van der Waals surface area contributed by atoms with E-state index in [0.29, 0.717) is 59.7 Å². The average molecular weight is 1980 g/mol. The molecule has 2 saturated carbocycles. The Labute approximate surface area is 757 Å². The fourth-order valence-corrected chi connectivity index (χ4v) is 17.3. The van der Waals surface area contributed by atoms with Crippen LogP contribution in [0.4, 0.5) is 34.9 Å². The first-order valence-electron chi connectivity index (χ1n) is 39.6. The summed E-state index contributed by atoms with van der Waals surface area (Å²) in [6.45, 7) is 29.9. The smallest absolute Gasteiger partial charge is 0.261 e. The molecule has 0 amide bonds. The Morgan fingerprint density at radius 3 is 1.06 bits per heavy atom. The van der Waals surface area contributed by atoms with Crippen LogP contribution in [0.15, 0.2) is 153 Å². The van der Waals surface area contributed by atoms with Gasteiger partial charge in [0.25, 0.3) is 9.05 Å². The summed E-state index contributed by atoms with van der Waals surface area (Å²) >= 11 is 26.0. The molecule has 2 aliphatic carbocycles. The van der Waals surface area contributed by atoms with Crippen molar-refractivity contribution in [2.45, 2.75) is 180 Å². The van der Waals surface area contributed by atoms with Crippen molar-refractivity contribution >= 4 is 217 Å². The van der Waals surface area contributed by atoms with Gasteiger partial charge in [-0.1, -0.05) is 146 Å². The molecule has 0 bridgehead atoms. The van der Waals surface area contributed by atoms with Gasteiger partial charge in [-0.05, 0) is 178 Å². The predicted molar refractivity (Wildman–Crippen MR) is 512 cm³/mol. The van der Waals surface area contributed by atoms with Gasteiger partial charge < -0.3 is 50.0 Å². The number of hydrogen-bond donors (Lipinski definition) is 6. The SMILES string of the molecule is CC(C)n1cnc2c(NCc3ccc(Br)cc3)nc(NC3CCC(NS(=O)(=O)c4cccc5c(N(C)C)cccc45)CC3)nc21.CC(C)n1cnc2c(NCc3ccc(Br)cc3)nc(NC3CCC(NS(C)(=O)=O)CC3)nc21.CCN(CC)CC.CCN(CC)CC.CN(C)c1cccc2c(S(=O)(=O)Cl)cccc12.CS(=O)(=O)Cl.ClCCl.ClCCl. The number of nitrogens with zero attached hydrogens (tertiary/aromatic N) is 12. The van der Waals surface area contributed by atoms with Crippen molar-refractivity contribution in [3.63, 3.8) is 0 Å².